The second-order valence-corrected chi connectivity index (χ2v) is 5.06. The lowest BCUT2D eigenvalue weighted by atomic mass is 10.3. The van der Waals surface area contributed by atoms with Gasteiger partial charge >= 0.3 is 5.69 Å². The predicted molar refractivity (Wildman–Crippen MR) is 69.4 cm³/mol. The zero-order valence-corrected chi connectivity index (χ0v) is 11.1. The maximum absolute atomic E-state index is 11.9. The average Bonchev–Trinajstić information content (AvgIpc) is 2.96. The van der Waals surface area contributed by atoms with E-state index >= 15 is 0 Å². The van der Waals surface area contributed by atoms with Crippen LogP contribution in [0.1, 0.15) is 45.1 Å². The fraction of sp³-hybridized carbons (Fsp3) is 0.273. The summed E-state index contributed by atoms with van der Waals surface area (Å²) in [5, 5.41) is 8.65. The monoisotopic (exact) mass is 280 g/mol. The van der Waals surface area contributed by atoms with Gasteiger partial charge in [0.1, 0.15) is 0 Å². The van der Waals surface area contributed by atoms with Crippen molar-refractivity contribution >= 4 is 23.0 Å². The Balaban J connectivity index is 2.08. The van der Waals surface area contributed by atoms with Crippen LogP contribution < -0.4 is 11.0 Å². The van der Waals surface area contributed by atoms with E-state index < -0.39 is 11.7 Å². The van der Waals surface area contributed by atoms with Crippen molar-refractivity contribution in [3.05, 3.63) is 38.2 Å². The molecule has 1 amide bonds. The highest BCUT2D eigenvalue weighted by molar-refractivity contribution is 7.15. The van der Waals surface area contributed by atoms with Gasteiger partial charge in [-0.2, -0.15) is 5.10 Å². The first-order valence-electron chi connectivity index (χ1n) is 5.53. The molecule has 0 aliphatic carbocycles. The van der Waals surface area contributed by atoms with Gasteiger partial charge in [0.05, 0.1) is 15.8 Å². The molecule has 19 heavy (non-hydrogen) atoms. The van der Waals surface area contributed by atoms with E-state index in [0.29, 0.717) is 15.6 Å². The van der Waals surface area contributed by atoms with Gasteiger partial charge in [0.15, 0.2) is 11.6 Å². The Morgan fingerprint density at radius 1 is 1.37 bits per heavy atom. The van der Waals surface area contributed by atoms with Crippen LogP contribution in [0, 0.1) is 0 Å². The third kappa shape index (κ3) is 2.97. The van der Waals surface area contributed by atoms with E-state index in [0.717, 1.165) is 11.3 Å². The van der Waals surface area contributed by atoms with Gasteiger partial charge in [-0.1, -0.05) is 0 Å². The number of thiophene rings is 1. The molecular weight excluding hydrogens is 268 g/mol. The number of carbonyl (C=O) groups excluding carboxylic acids is 2. The quantitative estimate of drug-likeness (QED) is 0.721. The first-order valence-corrected chi connectivity index (χ1v) is 6.35. The minimum absolute atomic E-state index is 0.0753. The van der Waals surface area contributed by atoms with Crippen LogP contribution in [0.4, 0.5) is 0 Å². The molecule has 0 saturated heterocycles. The normalized spacial score (nSPS) is 12.1. The van der Waals surface area contributed by atoms with Crippen LogP contribution >= 0.6 is 11.3 Å². The number of aromatic nitrogens is 3. The summed E-state index contributed by atoms with van der Waals surface area (Å²) in [6, 6.07) is 2.77. The molecule has 2 aromatic rings. The number of Topliss-reactive ketones (excluding diaryl/α,β-unsaturated/α-hetero) is 1. The van der Waals surface area contributed by atoms with Crippen molar-refractivity contribution in [3.63, 3.8) is 0 Å². The van der Waals surface area contributed by atoms with Crippen LogP contribution in [0.5, 0.6) is 0 Å². The number of H-pyrrole nitrogens is 2. The molecule has 7 nitrogen and oxygen atoms in total. The molecule has 0 saturated carbocycles. The van der Waals surface area contributed by atoms with Crippen molar-refractivity contribution in [2.45, 2.75) is 19.9 Å². The van der Waals surface area contributed by atoms with Gasteiger partial charge < -0.3 is 5.32 Å². The zero-order valence-electron chi connectivity index (χ0n) is 10.3. The van der Waals surface area contributed by atoms with Crippen molar-refractivity contribution < 1.29 is 9.59 Å². The van der Waals surface area contributed by atoms with Crippen LogP contribution in [0.2, 0.25) is 0 Å². The first-order chi connectivity index (χ1) is 8.97. The maximum Gasteiger partial charge on any atom is 0.340 e. The van der Waals surface area contributed by atoms with Gasteiger partial charge in [-0.15, -0.1) is 11.3 Å². The molecule has 0 fully saturated rings. The number of nitrogens with one attached hydrogen (secondary N) is 3. The lowest BCUT2D eigenvalue weighted by Gasteiger charge is -2.09. The SMILES string of the molecule is CC(=O)c1ccc(C(=O)NC(C)c2n[nH]c(=O)[nH]2)s1. The first kappa shape index (κ1) is 13.2. The summed E-state index contributed by atoms with van der Waals surface area (Å²) < 4.78 is 0. The van der Waals surface area contributed by atoms with E-state index in [-0.39, 0.29) is 11.7 Å². The standard InChI is InChI=1S/C11H12N4O3S/c1-5(9-13-11(18)15-14-9)12-10(17)8-4-3-7(19-8)6(2)16/h3-5H,1-2H3,(H,12,17)(H2,13,14,15,18). The molecule has 8 heteroatoms. The van der Waals surface area contributed by atoms with Crippen LogP contribution in [0.3, 0.4) is 0 Å². The van der Waals surface area contributed by atoms with Crippen molar-refractivity contribution in [2.24, 2.45) is 0 Å². The van der Waals surface area contributed by atoms with Gasteiger partial charge in [-0.3, -0.25) is 14.6 Å². The smallest absolute Gasteiger partial charge is 0.340 e. The number of hydrogen-bond donors (Lipinski definition) is 3. The number of hydrogen-bond acceptors (Lipinski definition) is 5. The molecule has 0 radical (unpaired) electrons. The third-order valence-electron chi connectivity index (χ3n) is 2.45. The summed E-state index contributed by atoms with van der Waals surface area (Å²) in [6.07, 6.45) is 0. The van der Waals surface area contributed by atoms with E-state index in [2.05, 4.69) is 20.5 Å². The molecule has 0 bridgehead atoms. The van der Waals surface area contributed by atoms with Gasteiger partial charge in [0.2, 0.25) is 0 Å². The molecule has 0 aliphatic rings. The summed E-state index contributed by atoms with van der Waals surface area (Å²) in [6.45, 7) is 3.15. The molecule has 2 aromatic heterocycles. The van der Waals surface area contributed by atoms with E-state index in [9.17, 15) is 14.4 Å². The summed E-state index contributed by atoms with van der Waals surface area (Å²) in [5.74, 6) is -0.0377. The van der Waals surface area contributed by atoms with Crippen molar-refractivity contribution in [1.82, 2.24) is 20.5 Å². The number of nitrogens with zero attached hydrogens (tertiary/aromatic N) is 1. The van der Waals surface area contributed by atoms with Gasteiger partial charge in [0.25, 0.3) is 5.91 Å². The lowest BCUT2D eigenvalue weighted by molar-refractivity contribution is 0.0942. The molecule has 3 N–H and O–H groups in total. The number of amides is 1. The van der Waals surface area contributed by atoms with E-state index in [1.165, 1.54) is 6.92 Å². The van der Waals surface area contributed by atoms with Crippen LogP contribution in [0.25, 0.3) is 0 Å². The van der Waals surface area contributed by atoms with Crippen molar-refractivity contribution in [3.8, 4) is 0 Å². The summed E-state index contributed by atoms with van der Waals surface area (Å²) in [5.41, 5.74) is -0.425. The molecule has 1 atom stereocenters. The molecule has 100 valence electrons. The molecule has 2 rings (SSSR count). The Labute approximate surface area is 112 Å². The van der Waals surface area contributed by atoms with Gasteiger partial charge in [0, 0.05) is 0 Å². The largest absolute Gasteiger partial charge is 0.342 e. The number of ketones is 1. The topological polar surface area (TPSA) is 108 Å². The van der Waals surface area contributed by atoms with Crippen molar-refractivity contribution in [2.75, 3.05) is 0 Å². The summed E-state index contributed by atoms with van der Waals surface area (Å²) in [4.78, 5) is 37.4. The molecule has 1 unspecified atom stereocenters. The highest BCUT2D eigenvalue weighted by Crippen LogP contribution is 2.17. The summed E-state index contributed by atoms with van der Waals surface area (Å²) in [7, 11) is 0. The minimum Gasteiger partial charge on any atom is -0.342 e. The van der Waals surface area contributed by atoms with E-state index in [1.54, 1.807) is 19.1 Å². The second kappa shape index (κ2) is 5.19. The van der Waals surface area contributed by atoms with Crippen LogP contribution in [-0.4, -0.2) is 26.9 Å². The molecule has 2 heterocycles. The fourth-order valence-corrected chi connectivity index (χ4v) is 2.28. The van der Waals surface area contributed by atoms with Gasteiger partial charge in [-0.05, 0) is 26.0 Å². The number of carbonyl (C=O) groups is 2. The highest BCUT2D eigenvalue weighted by atomic mass is 32.1. The van der Waals surface area contributed by atoms with Crippen LogP contribution in [-0.2, 0) is 0 Å². The zero-order chi connectivity index (χ0) is 14.0. The Morgan fingerprint density at radius 3 is 2.58 bits per heavy atom. The average molecular weight is 280 g/mol. The second-order valence-electron chi connectivity index (χ2n) is 3.98. The Kier molecular flexibility index (Phi) is 3.61. The molecule has 0 aliphatic heterocycles. The van der Waals surface area contributed by atoms with E-state index in [4.69, 9.17) is 0 Å². The molecule has 0 aromatic carbocycles. The fourth-order valence-electron chi connectivity index (χ4n) is 1.47. The molecule has 0 spiro atoms. The third-order valence-corrected chi connectivity index (χ3v) is 3.64. The minimum atomic E-state index is -0.436. The van der Waals surface area contributed by atoms with Crippen LogP contribution in [0.15, 0.2) is 16.9 Å². The Morgan fingerprint density at radius 2 is 2.05 bits per heavy atom. The maximum atomic E-state index is 11.9. The van der Waals surface area contributed by atoms with E-state index in [1.807, 2.05) is 0 Å². The van der Waals surface area contributed by atoms with Gasteiger partial charge in [-0.25, -0.2) is 9.89 Å². The highest BCUT2D eigenvalue weighted by Gasteiger charge is 2.16. The predicted octanol–water partition coefficient (Wildman–Crippen LogP) is 0.853. The molecular formula is C11H12N4O3S. The Hall–Kier alpha value is -2.22. The van der Waals surface area contributed by atoms with Crippen molar-refractivity contribution in [1.29, 1.82) is 0 Å². The number of aromatic amines is 2. The summed E-state index contributed by atoms with van der Waals surface area (Å²) >= 11 is 1.13. The Bertz CT molecular complexity index is 669. The number of rotatable bonds is 4. The lowest BCUT2D eigenvalue weighted by Crippen LogP contribution is -2.26.